The van der Waals surface area contributed by atoms with Gasteiger partial charge in [0.15, 0.2) is 5.88 Å². The molecule has 20 heavy (non-hydrogen) atoms. The van der Waals surface area contributed by atoms with E-state index in [1.54, 1.807) is 6.21 Å². The maximum Gasteiger partial charge on any atom is 0.198 e. The summed E-state index contributed by atoms with van der Waals surface area (Å²) < 4.78 is 0.978. The number of aryl methyl sites for hydroxylation is 1. The molecule has 100 valence electrons. The first-order chi connectivity index (χ1) is 9.63. The summed E-state index contributed by atoms with van der Waals surface area (Å²) in [6.45, 7) is 2.03. The zero-order chi connectivity index (χ0) is 14.1. The van der Waals surface area contributed by atoms with Crippen molar-refractivity contribution in [2.75, 3.05) is 0 Å². The molecular weight excluding hydrogens is 316 g/mol. The molecule has 2 N–H and O–H groups in total. The van der Waals surface area contributed by atoms with Gasteiger partial charge in [-0.1, -0.05) is 33.6 Å². The van der Waals surface area contributed by atoms with E-state index in [4.69, 9.17) is 0 Å². The molecule has 0 aliphatic rings. The number of benzene rings is 2. The van der Waals surface area contributed by atoms with E-state index in [2.05, 4.69) is 25.9 Å². The molecule has 0 saturated heterocycles. The van der Waals surface area contributed by atoms with Crippen molar-refractivity contribution in [3.63, 3.8) is 0 Å². The van der Waals surface area contributed by atoms with Gasteiger partial charge in [-0.3, -0.25) is 4.99 Å². The number of nitrogens with zero attached hydrogens (tertiary/aromatic N) is 1. The number of hydrogen-bond acceptors (Lipinski definition) is 2. The molecule has 0 atom stereocenters. The van der Waals surface area contributed by atoms with Crippen molar-refractivity contribution in [2.24, 2.45) is 4.99 Å². The number of nitrogens with one attached hydrogen (secondary N) is 1. The van der Waals surface area contributed by atoms with Crippen molar-refractivity contribution in [1.82, 2.24) is 4.98 Å². The molecule has 3 nitrogen and oxygen atoms in total. The Morgan fingerprint density at radius 3 is 2.85 bits per heavy atom. The van der Waals surface area contributed by atoms with E-state index in [-0.39, 0.29) is 5.88 Å². The number of fused-ring (bicyclic) bond motifs is 1. The standard InChI is InChI=1S/C16H13BrN2O/c1-10-5-6-15-13(7-10)14(16(20)19-15)9-18-12-4-2-3-11(17)8-12/h2-9,19-20H,1H3. The molecule has 0 amide bonds. The van der Waals surface area contributed by atoms with Gasteiger partial charge in [-0.25, -0.2) is 0 Å². The molecule has 0 unspecified atom stereocenters. The van der Waals surface area contributed by atoms with Crippen LogP contribution >= 0.6 is 15.9 Å². The minimum Gasteiger partial charge on any atom is -0.494 e. The minimum absolute atomic E-state index is 0.143. The SMILES string of the molecule is Cc1ccc2[nH]c(O)c(C=Nc3cccc(Br)c3)c2c1. The number of aromatic nitrogens is 1. The van der Waals surface area contributed by atoms with Crippen LogP contribution in [0.5, 0.6) is 5.88 Å². The number of aromatic amines is 1. The second kappa shape index (κ2) is 5.13. The maximum atomic E-state index is 10.0. The van der Waals surface area contributed by atoms with Crippen molar-refractivity contribution >= 4 is 38.7 Å². The molecule has 0 aliphatic heterocycles. The quantitative estimate of drug-likeness (QED) is 0.658. The van der Waals surface area contributed by atoms with E-state index in [9.17, 15) is 5.11 Å². The molecular formula is C16H13BrN2O. The van der Waals surface area contributed by atoms with Crippen LogP contribution in [0.25, 0.3) is 10.9 Å². The molecule has 1 aromatic heterocycles. The average molecular weight is 329 g/mol. The highest BCUT2D eigenvalue weighted by atomic mass is 79.9. The summed E-state index contributed by atoms with van der Waals surface area (Å²) in [5, 5.41) is 11.0. The van der Waals surface area contributed by atoms with E-state index < -0.39 is 0 Å². The molecule has 4 heteroatoms. The second-order valence-corrected chi connectivity index (χ2v) is 5.59. The molecule has 0 bridgehead atoms. The van der Waals surface area contributed by atoms with Gasteiger partial charge in [0, 0.05) is 21.6 Å². The van der Waals surface area contributed by atoms with E-state index >= 15 is 0 Å². The molecule has 0 radical (unpaired) electrons. The summed E-state index contributed by atoms with van der Waals surface area (Å²) in [5.41, 5.74) is 3.60. The summed E-state index contributed by atoms with van der Waals surface area (Å²) in [4.78, 5) is 7.37. The largest absolute Gasteiger partial charge is 0.494 e. The lowest BCUT2D eigenvalue weighted by molar-refractivity contribution is 0.457. The summed E-state index contributed by atoms with van der Waals surface area (Å²) in [7, 11) is 0. The number of hydrogen-bond donors (Lipinski definition) is 2. The molecule has 3 rings (SSSR count). The third-order valence-corrected chi connectivity index (χ3v) is 3.62. The first kappa shape index (κ1) is 12.9. The number of aromatic hydroxyl groups is 1. The summed E-state index contributed by atoms with van der Waals surface area (Å²) in [5.74, 6) is 0.143. The minimum atomic E-state index is 0.143. The normalized spacial score (nSPS) is 11.5. The van der Waals surface area contributed by atoms with Crippen LogP contribution in [-0.2, 0) is 0 Å². The molecule has 2 aromatic carbocycles. The Kier molecular flexibility index (Phi) is 3.32. The van der Waals surface area contributed by atoms with Gasteiger partial charge in [-0.2, -0.15) is 0 Å². The Morgan fingerprint density at radius 1 is 1.20 bits per heavy atom. The fraction of sp³-hybridized carbons (Fsp3) is 0.0625. The van der Waals surface area contributed by atoms with Crippen LogP contribution in [0.1, 0.15) is 11.1 Å². The number of H-pyrrole nitrogens is 1. The van der Waals surface area contributed by atoms with E-state index in [0.29, 0.717) is 5.56 Å². The van der Waals surface area contributed by atoms with Gasteiger partial charge in [0.1, 0.15) is 0 Å². The van der Waals surface area contributed by atoms with Gasteiger partial charge in [0.2, 0.25) is 0 Å². The van der Waals surface area contributed by atoms with Crippen LogP contribution in [0.2, 0.25) is 0 Å². The van der Waals surface area contributed by atoms with Crippen molar-refractivity contribution in [2.45, 2.75) is 6.92 Å². The van der Waals surface area contributed by atoms with E-state index in [0.717, 1.165) is 26.6 Å². The lowest BCUT2D eigenvalue weighted by Crippen LogP contribution is -1.80. The first-order valence-electron chi connectivity index (χ1n) is 6.24. The summed E-state index contributed by atoms with van der Waals surface area (Å²) in [6.07, 6.45) is 1.69. The number of aliphatic imine (C=N–C) groups is 1. The Balaban J connectivity index is 2.06. The number of rotatable bonds is 2. The van der Waals surface area contributed by atoms with Crippen LogP contribution in [0.4, 0.5) is 5.69 Å². The zero-order valence-electron chi connectivity index (χ0n) is 10.9. The molecule has 1 heterocycles. The van der Waals surface area contributed by atoms with Crippen LogP contribution in [0, 0.1) is 6.92 Å². The van der Waals surface area contributed by atoms with Crippen molar-refractivity contribution < 1.29 is 5.11 Å². The fourth-order valence-electron chi connectivity index (χ4n) is 2.14. The predicted octanol–water partition coefficient (Wildman–Crippen LogP) is 4.70. The molecule has 0 spiro atoms. The monoisotopic (exact) mass is 328 g/mol. The highest BCUT2D eigenvalue weighted by Crippen LogP contribution is 2.27. The Bertz CT molecular complexity index is 805. The molecule has 0 aliphatic carbocycles. The fourth-order valence-corrected chi connectivity index (χ4v) is 2.53. The summed E-state index contributed by atoms with van der Waals surface area (Å²) >= 11 is 3.42. The van der Waals surface area contributed by atoms with Crippen LogP contribution < -0.4 is 0 Å². The van der Waals surface area contributed by atoms with Gasteiger partial charge in [0.25, 0.3) is 0 Å². The van der Waals surface area contributed by atoms with Gasteiger partial charge >= 0.3 is 0 Å². The van der Waals surface area contributed by atoms with E-state index in [1.165, 1.54) is 0 Å². The lowest BCUT2D eigenvalue weighted by atomic mass is 10.1. The molecule has 0 saturated carbocycles. The second-order valence-electron chi connectivity index (χ2n) is 4.67. The third-order valence-electron chi connectivity index (χ3n) is 3.12. The topological polar surface area (TPSA) is 48.4 Å². The van der Waals surface area contributed by atoms with Crippen LogP contribution in [0.3, 0.4) is 0 Å². The smallest absolute Gasteiger partial charge is 0.198 e. The zero-order valence-corrected chi connectivity index (χ0v) is 12.5. The van der Waals surface area contributed by atoms with Gasteiger partial charge in [-0.15, -0.1) is 0 Å². The van der Waals surface area contributed by atoms with Crippen molar-refractivity contribution in [3.05, 3.63) is 58.1 Å². The Labute approximate surface area is 125 Å². The summed E-state index contributed by atoms with van der Waals surface area (Å²) in [6, 6.07) is 13.7. The Morgan fingerprint density at radius 2 is 2.05 bits per heavy atom. The Hall–Kier alpha value is -2.07. The first-order valence-corrected chi connectivity index (χ1v) is 7.04. The molecule has 0 fully saturated rings. The van der Waals surface area contributed by atoms with Crippen molar-refractivity contribution in [3.8, 4) is 5.88 Å². The van der Waals surface area contributed by atoms with Gasteiger partial charge < -0.3 is 10.1 Å². The van der Waals surface area contributed by atoms with Crippen LogP contribution in [-0.4, -0.2) is 16.3 Å². The van der Waals surface area contributed by atoms with Gasteiger partial charge in [0.05, 0.1) is 11.3 Å². The highest BCUT2D eigenvalue weighted by molar-refractivity contribution is 9.10. The highest BCUT2D eigenvalue weighted by Gasteiger charge is 2.08. The predicted molar refractivity (Wildman–Crippen MR) is 86.1 cm³/mol. The van der Waals surface area contributed by atoms with Crippen molar-refractivity contribution in [1.29, 1.82) is 0 Å². The van der Waals surface area contributed by atoms with Gasteiger partial charge in [-0.05, 0) is 37.3 Å². The third kappa shape index (κ3) is 2.47. The van der Waals surface area contributed by atoms with Crippen LogP contribution in [0.15, 0.2) is 51.9 Å². The maximum absolute atomic E-state index is 10.0. The molecule has 3 aromatic rings. The average Bonchev–Trinajstić information content (AvgIpc) is 2.72. The lowest BCUT2D eigenvalue weighted by Gasteiger charge is -1.96. The van der Waals surface area contributed by atoms with E-state index in [1.807, 2.05) is 49.4 Å². The number of halogens is 1.